The number of aromatic nitrogens is 4. The van der Waals surface area contributed by atoms with Crippen molar-refractivity contribution in [1.82, 2.24) is 25.1 Å². The lowest BCUT2D eigenvalue weighted by atomic mass is 10.1. The van der Waals surface area contributed by atoms with Gasteiger partial charge in [0.25, 0.3) is 0 Å². The summed E-state index contributed by atoms with van der Waals surface area (Å²) in [5.41, 5.74) is 4.31. The fraction of sp³-hybridized carbons (Fsp3) is 0.174. The van der Waals surface area contributed by atoms with E-state index in [1.54, 1.807) is 17.2 Å². The zero-order chi connectivity index (χ0) is 19.9. The van der Waals surface area contributed by atoms with Gasteiger partial charge in [0.1, 0.15) is 25.0 Å². The third-order valence-corrected chi connectivity index (χ3v) is 4.70. The van der Waals surface area contributed by atoms with E-state index in [9.17, 15) is 0 Å². The summed E-state index contributed by atoms with van der Waals surface area (Å²) in [6.07, 6.45) is 5.00. The maximum atomic E-state index is 5.87. The SMILES string of the molecule is C[C@H](NCc1cccc(OCc2ccccn2)c1)c1ccc(-n2cncn2)cc1. The molecule has 0 amide bonds. The molecule has 6 nitrogen and oxygen atoms in total. The highest BCUT2D eigenvalue weighted by Gasteiger charge is 2.06. The Morgan fingerprint density at radius 3 is 2.69 bits per heavy atom. The van der Waals surface area contributed by atoms with E-state index in [0.29, 0.717) is 6.61 Å². The fourth-order valence-electron chi connectivity index (χ4n) is 3.03. The minimum Gasteiger partial charge on any atom is -0.487 e. The zero-order valence-corrected chi connectivity index (χ0v) is 16.3. The molecule has 0 unspecified atom stereocenters. The molecule has 29 heavy (non-hydrogen) atoms. The number of rotatable bonds is 8. The number of benzene rings is 2. The van der Waals surface area contributed by atoms with Crippen LogP contribution < -0.4 is 10.1 Å². The second-order valence-electron chi connectivity index (χ2n) is 6.79. The summed E-state index contributed by atoms with van der Waals surface area (Å²) < 4.78 is 7.62. The van der Waals surface area contributed by atoms with Gasteiger partial charge < -0.3 is 10.1 Å². The lowest BCUT2D eigenvalue weighted by Crippen LogP contribution is -2.18. The van der Waals surface area contributed by atoms with Crippen LogP contribution in [0.2, 0.25) is 0 Å². The Kier molecular flexibility index (Phi) is 5.92. The zero-order valence-electron chi connectivity index (χ0n) is 16.3. The monoisotopic (exact) mass is 385 g/mol. The van der Waals surface area contributed by atoms with Crippen molar-refractivity contribution in [3.05, 3.63) is 102 Å². The van der Waals surface area contributed by atoms with E-state index in [1.165, 1.54) is 17.5 Å². The van der Waals surface area contributed by atoms with Gasteiger partial charge in [-0.2, -0.15) is 5.10 Å². The lowest BCUT2D eigenvalue weighted by Gasteiger charge is -2.15. The first-order valence-corrected chi connectivity index (χ1v) is 9.58. The molecule has 0 radical (unpaired) electrons. The van der Waals surface area contributed by atoms with Crippen molar-refractivity contribution < 1.29 is 4.74 Å². The van der Waals surface area contributed by atoms with E-state index >= 15 is 0 Å². The Bertz CT molecular complexity index is 1020. The highest BCUT2D eigenvalue weighted by atomic mass is 16.5. The molecule has 0 aliphatic carbocycles. The molecule has 146 valence electrons. The molecule has 0 bridgehead atoms. The maximum absolute atomic E-state index is 5.87. The summed E-state index contributed by atoms with van der Waals surface area (Å²) in [5, 5.41) is 7.72. The van der Waals surface area contributed by atoms with Crippen molar-refractivity contribution in [3.8, 4) is 11.4 Å². The van der Waals surface area contributed by atoms with E-state index in [0.717, 1.165) is 23.7 Å². The van der Waals surface area contributed by atoms with Gasteiger partial charge in [-0.3, -0.25) is 4.98 Å². The van der Waals surface area contributed by atoms with E-state index < -0.39 is 0 Å². The first kappa shape index (κ1) is 18.8. The van der Waals surface area contributed by atoms with Crippen LogP contribution in [-0.4, -0.2) is 19.7 Å². The topological polar surface area (TPSA) is 64.9 Å². The van der Waals surface area contributed by atoms with Crippen LogP contribution in [0.3, 0.4) is 0 Å². The van der Waals surface area contributed by atoms with Gasteiger partial charge in [0.2, 0.25) is 0 Å². The molecule has 0 saturated heterocycles. The number of nitrogens with one attached hydrogen (secondary N) is 1. The number of nitrogens with zero attached hydrogens (tertiary/aromatic N) is 4. The Balaban J connectivity index is 1.32. The van der Waals surface area contributed by atoms with Gasteiger partial charge in [-0.1, -0.05) is 30.3 Å². The normalized spacial score (nSPS) is 11.9. The Labute approximate surface area is 170 Å². The van der Waals surface area contributed by atoms with Crippen molar-refractivity contribution >= 4 is 0 Å². The first-order valence-electron chi connectivity index (χ1n) is 9.58. The van der Waals surface area contributed by atoms with Gasteiger partial charge in [0.15, 0.2) is 0 Å². The molecule has 0 saturated carbocycles. The molecular weight excluding hydrogens is 362 g/mol. The minimum atomic E-state index is 0.220. The van der Waals surface area contributed by atoms with Crippen molar-refractivity contribution in [1.29, 1.82) is 0 Å². The molecular formula is C23H23N5O. The Morgan fingerprint density at radius 2 is 1.93 bits per heavy atom. The van der Waals surface area contributed by atoms with E-state index in [1.807, 2.05) is 42.5 Å². The molecule has 2 heterocycles. The van der Waals surface area contributed by atoms with Crippen LogP contribution in [0.4, 0.5) is 0 Å². The number of hydrogen-bond acceptors (Lipinski definition) is 5. The summed E-state index contributed by atoms with van der Waals surface area (Å²) >= 11 is 0. The van der Waals surface area contributed by atoms with E-state index in [4.69, 9.17) is 4.74 Å². The largest absolute Gasteiger partial charge is 0.487 e. The predicted molar refractivity (Wildman–Crippen MR) is 112 cm³/mol. The van der Waals surface area contributed by atoms with Gasteiger partial charge in [-0.15, -0.1) is 0 Å². The van der Waals surface area contributed by atoms with Crippen LogP contribution >= 0.6 is 0 Å². The second kappa shape index (κ2) is 9.12. The summed E-state index contributed by atoms with van der Waals surface area (Å²) in [6, 6.07) is 22.5. The maximum Gasteiger partial charge on any atom is 0.138 e. The smallest absolute Gasteiger partial charge is 0.138 e. The average molecular weight is 385 g/mol. The standard InChI is InChI=1S/C23H23N5O/c1-18(20-8-10-22(11-9-20)28-17-24-16-27-28)26-14-19-5-4-7-23(13-19)29-15-21-6-2-3-12-25-21/h2-13,16-18,26H,14-15H2,1H3/t18-/m0/s1. The molecule has 2 aromatic heterocycles. The lowest BCUT2D eigenvalue weighted by molar-refractivity contribution is 0.301. The van der Waals surface area contributed by atoms with Crippen molar-refractivity contribution in [2.75, 3.05) is 0 Å². The van der Waals surface area contributed by atoms with Gasteiger partial charge in [0, 0.05) is 18.8 Å². The number of ether oxygens (including phenoxy) is 1. The van der Waals surface area contributed by atoms with Gasteiger partial charge in [-0.05, 0) is 54.4 Å². The number of hydrogen-bond donors (Lipinski definition) is 1. The third-order valence-electron chi connectivity index (χ3n) is 4.70. The highest BCUT2D eigenvalue weighted by Crippen LogP contribution is 2.18. The molecule has 6 heteroatoms. The van der Waals surface area contributed by atoms with Crippen molar-refractivity contribution in [2.24, 2.45) is 0 Å². The summed E-state index contributed by atoms with van der Waals surface area (Å²) in [7, 11) is 0. The summed E-state index contributed by atoms with van der Waals surface area (Å²) in [5.74, 6) is 0.847. The van der Waals surface area contributed by atoms with Gasteiger partial charge in [0.05, 0.1) is 11.4 Å². The minimum absolute atomic E-state index is 0.220. The van der Waals surface area contributed by atoms with Crippen LogP contribution in [-0.2, 0) is 13.2 Å². The van der Waals surface area contributed by atoms with Crippen LogP contribution in [0.25, 0.3) is 5.69 Å². The highest BCUT2D eigenvalue weighted by molar-refractivity contribution is 5.34. The third kappa shape index (κ3) is 5.06. The molecule has 0 spiro atoms. The van der Waals surface area contributed by atoms with Crippen LogP contribution in [0.15, 0.2) is 85.6 Å². The van der Waals surface area contributed by atoms with Crippen LogP contribution in [0.1, 0.15) is 29.8 Å². The molecule has 0 aliphatic heterocycles. The van der Waals surface area contributed by atoms with Gasteiger partial charge in [-0.25, -0.2) is 9.67 Å². The van der Waals surface area contributed by atoms with Gasteiger partial charge >= 0.3 is 0 Å². The Hall–Kier alpha value is -3.51. The van der Waals surface area contributed by atoms with Crippen LogP contribution in [0.5, 0.6) is 5.75 Å². The average Bonchev–Trinajstić information content (AvgIpc) is 3.32. The van der Waals surface area contributed by atoms with Crippen molar-refractivity contribution in [3.63, 3.8) is 0 Å². The molecule has 1 N–H and O–H groups in total. The second-order valence-corrected chi connectivity index (χ2v) is 6.79. The number of pyridine rings is 1. The van der Waals surface area contributed by atoms with E-state index in [2.05, 4.69) is 51.6 Å². The van der Waals surface area contributed by atoms with E-state index in [-0.39, 0.29) is 6.04 Å². The predicted octanol–water partition coefficient (Wildman–Crippen LogP) is 4.09. The van der Waals surface area contributed by atoms with Crippen molar-refractivity contribution in [2.45, 2.75) is 26.1 Å². The fourth-order valence-corrected chi connectivity index (χ4v) is 3.03. The molecule has 2 aromatic carbocycles. The summed E-state index contributed by atoms with van der Waals surface area (Å²) in [6.45, 7) is 3.38. The quantitative estimate of drug-likeness (QED) is 0.495. The molecule has 1 atom stereocenters. The Morgan fingerprint density at radius 1 is 1.03 bits per heavy atom. The summed E-state index contributed by atoms with van der Waals surface area (Å²) in [4.78, 5) is 8.27. The van der Waals surface area contributed by atoms with Crippen LogP contribution in [0, 0.1) is 0 Å². The molecule has 4 rings (SSSR count). The molecule has 0 fully saturated rings. The molecule has 4 aromatic rings. The first-order chi connectivity index (χ1) is 14.3. The molecule has 0 aliphatic rings.